The third-order valence-corrected chi connectivity index (χ3v) is 4.93. The van der Waals surface area contributed by atoms with Gasteiger partial charge in [-0.3, -0.25) is 9.48 Å². The molecule has 0 radical (unpaired) electrons. The second-order valence-electron chi connectivity index (χ2n) is 5.83. The molecular weight excluding hydrogens is 474 g/mol. The number of anilines is 1. The number of amides is 1. The maximum Gasteiger partial charge on any atom is 0.387 e. The van der Waals surface area contributed by atoms with Crippen LogP contribution in [-0.2, 0) is 11.3 Å². The summed E-state index contributed by atoms with van der Waals surface area (Å²) in [6.45, 7) is -3.75. The summed E-state index contributed by atoms with van der Waals surface area (Å²) in [5.41, 5.74) is -1.09. The summed E-state index contributed by atoms with van der Waals surface area (Å²) < 4.78 is 81.1. The monoisotopic (exact) mass is 484 g/mol. The predicted octanol–water partition coefficient (Wildman–Crippen LogP) is 5.78. The maximum absolute atomic E-state index is 13.1. The first-order chi connectivity index (χ1) is 14.7. The molecule has 14 heteroatoms. The number of hydrogen-bond acceptors (Lipinski definition) is 5. The highest BCUT2D eigenvalue weighted by molar-refractivity contribution is 7.14. The zero-order chi connectivity index (χ0) is 22.7. The Morgan fingerprint density at radius 2 is 1.81 bits per heavy atom. The molecule has 1 N–H and O–H groups in total. The van der Waals surface area contributed by atoms with Crippen LogP contribution in [0.4, 0.5) is 31.5 Å². The van der Waals surface area contributed by atoms with Gasteiger partial charge in [0.25, 0.3) is 12.9 Å². The van der Waals surface area contributed by atoms with Gasteiger partial charge < -0.3 is 10.1 Å². The molecule has 0 spiro atoms. The lowest BCUT2D eigenvalue weighted by Crippen LogP contribution is -2.21. The van der Waals surface area contributed by atoms with Crippen molar-refractivity contribution in [2.75, 3.05) is 5.32 Å². The second-order valence-corrected chi connectivity index (χ2v) is 7.07. The lowest BCUT2D eigenvalue weighted by Gasteiger charge is -2.06. The first-order valence-electron chi connectivity index (χ1n) is 8.28. The van der Waals surface area contributed by atoms with Crippen LogP contribution in [0, 0.1) is 0 Å². The fraction of sp³-hybridized carbons (Fsp3) is 0.235. The number of aromatic nitrogens is 3. The van der Waals surface area contributed by atoms with Crippen LogP contribution in [0.1, 0.15) is 24.2 Å². The zero-order valence-corrected chi connectivity index (χ0v) is 16.6. The van der Waals surface area contributed by atoms with Crippen LogP contribution in [0.5, 0.6) is 5.75 Å². The standard InChI is InChI=1S/C17H11ClF6N4O2S/c18-11-12(14(19)20)27-28(13(11)15(21)22)5-10(29)26-17-25-9(6-31-17)7-1-3-8(4-2-7)30-16(23)24/h1-4,6,14-16H,5H2,(H,25,26,29). The number of alkyl halides is 6. The van der Waals surface area contributed by atoms with Crippen LogP contribution in [0.3, 0.4) is 0 Å². The van der Waals surface area contributed by atoms with Crippen LogP contribution in [0.15, 0.2) is 29.6 Å². The third kappa shape index (κ3) is 5.47. The number of benzene rings is 1. The summed E-state index contributed by atoms with van der Waals surface area (Å²) in [6, 6.07) is 5.58. The lowest BCUT2D eigenvalue weighted by atomic mass is 10.2. The van der Waals surface area contributed by atoms with Crippen molar-refractivity contribution in [3.63, 3.8) is 0 Å². The summed E-state index contributed by atoms with van der Waals surface area (Å²) in [5, 5.41) is 6.42. The van der Waals surface area contributed by atoms with Gasteiger partial charge in [0.2, 0.25) is 5.91 Å². The number of carbonyl (C=O) groups excluding carboxylic acids is 1. The maximum atomic E-state index is 13.1. The van der Waals surface area contributed by atoms with Crippen molar-refractivity contribution in [1.29, 1.82) is 0 Å². The first kappa shape index (κ1) is 22.9. The number of halogens is 7. The summed E-state index contributed by atoms with van der Waals surface area (Å²) >= 11 is 6.54. The number of carbonyl (C=O) groups is 1. The summed E-state index contributed by atoms with van der Waals surface area (Å²) in [4.78, 5) is 16.3. The minimum absolute atomic E-state index is 0.0432. The van der Waals surface area contributed by atoms with E-state index >= 15 is 0 Å². The van der Waals surface area contributed by atoms with E-state index in [1.54, 1.807) is 5.38 Å². The van der Waals surface area contributed by atoms with Gasteiger partial charge in [-0.05, 0) is 24.3 Å². The van der Waals surface area contributed by atoms with Gasteiger partial charge in [-0.1, -0.05) is 11.6 Å². The molecule has 2 heterocycles. The van der Waals surface area contributed by atoms with Crippen LogP contribution in [0.2, 0.25) is 5.02 Å². The average molecular weight is 485 g/mol. The van der Waals surface area contributed by atoms with Crippen molar-refractivity contribution in [3.05, 3.63) is 46.1 Å². The molecule has 166 valence electrons. The van der Waals surface area contributed by atoms with Crippen molar-refractivity contribution in [2.24, 2.45) is 0 Å². The number of hydrogen-bond donors (Lipinski definition) is 1. The van der Waals surface area contributed by atoms with Crippen LogP contribution in [-0.4, -0.2) is 27.3 Å². The van der Waals surface area contributed by atoms with Crippen LogP contribution >= 0.6 is 22.9 Å². The molecule has 0 fully saturated rings. The quantitative estimate of drug-likeness (QED) is 0.412. The zero-order valence-electron chi connectivity index (χ0n) is 15.0. The van der Waals surface area contributed by atoms with E-state index in [4.69, 9.17) is 11.6 Å². The summed E-state index contributed by atoms with van der Waals surface area (Å²) in [7, 11) is 0. The van der Waals surface area contributed by atoms with Gasteiger partial charge in [0, 0.05) is 10.9 Å². The molecule has 6 nitrogen and oxygen atoms in total. The lowest BCUT2D eigenvalue weighted by molar-refractivity contribution is -0.117. The molecule has 0 aliphatic heterocycles. The van der Waals surface area contributed by atoms with Gasteiger partial charge in [0.15, 0.2) is 5.13 Å². The molecule has 2 aromatic heterocycles. The van der Waals surface area contributed by atoms with Crippen molar-refractivity contribution in [1.82, 2.24) is 14.8 Å². The molecule has 0 aliphatic rings. The number of thiazole rings is 1. The Morgan fingerprint density at radius 1 is 1.13 bits per heavy atom. The number of nitrogens with one attached hydrogen (secondary N) is 1. The van der Waals surface area contributed by atoms with Crippen molar-refractivity contribution in [3.8, 4) is 17.0 Å². The molecule has 0 unspecified atom stereocenters. The van der Waals surface area contributed by atoms with Gasteiger partial charge in [0.1, 0.15) is 23.7 Å². The Balaban J connectivity index is 1.70. The Bertz CT molecular complexity index is 1060. The fourth-order valence-electron chi connectivity index (χ4n) is 2.51. The topological polar surface area (TPSA) is 69.0 Å². The van der Waals surface area contributed by atoms with E-state index in [-0.39, 0.29) is 10.9 Å². The predicted molar refractivity (Wildman–Crippen MR) is 100.0 cm³/mol. The Labute approximate surface area is 179 Å². The molecule has 1 aromatic carbocycles. The highest BCUT2D eigenvalue weighted by Crippen LogP contribution is 2.34. The molecule has 0 aliphatic carbocycles. The molecule has 31 heavy (non-hydrogen) atoms. The van der Waals surface area contributed by atoms with Gasteiger partial charge >= 0.3 is 6.61 Å². The molecular formula is C17H11ClF6N4O2S. The van der Waals surface area contributed by atoms with Crippen molar-refractivity contribution in [2.45, 2.75) is 26.0 Å². The number of nitrogens with zero attached hydrogens (tertiary/aromatic N) is 3. The Kier molecular flexibility index (Phi) is 7.05. The van der Waals surface area contributed by atoms with E-state index in [2.05, 4.69) is 20.1 Å². The van der Waals surface area contributed by atoms with Gasteiger partial charge in [0.05, 0.1) is 10.7 Å². The minimum Gasteiger partial charge on any atom is -0.435 e. The smallest absolute Gasteiger partial charge is 0.387 e. The number of rotatable bonds is 8. The molecule has 1 amide bonds. The fourth-order valence-corrected chi connectivity index (χ4v) is 3.54. The van der Waals surface area contributed by atoms with Gasteiger partial charge in [-0.15, -0.1) is 11.3 Å². The van der Waals surface area contributed by atoms with Gasteiger partial charge in [-0.2, -0.15) is 13.9 Å². The second kappa shape index (κ2) is 9.56. The average Bonchev–Trinajstić information content (AvgIpc) is 3.26. The van der Waals surface area contributed by atoms with Crippen LogP contribution < -0.4 is 10.1 Å². The molecule has 0 bridgehead atoms. The number of ether oxygens (including phenoxy) is 1. The molecule has 3 aromatic rings. The van der Waals surface area contributed by atoms with E-state index in [9.17, 15) is 31.1 Å². The third-order valence-electron chi connectivity index (χ3n) is 3.79. The summed E-state index contributed by atoms with van der Waals surface area (Å²) in [6.07, 6.45) is -6.41. The highest BCUT2D eigenvalue weighted by Gasteiger charge is 2.28. The van der Waals surface area contributed by atoms with Crippen LogP contribution in [0.25, 0.3) is 11.3 Å². The Hall–Kier alpha value is -2.80. The van der Waals surface area contributed by atoms with Crippen molar-refractivity contribution >= 4 is 34.0 Å². The minimum atomic E-state index is -3.22. The molecule has 3 rings (SSSR count). The highest BCUT2D eigenvalue weighted by atomic mass is 35.5. The van der Waals surface area contributed by atoms with E-state index in [1.807, 2.05) is 0 Å². The SMILES string of the molecule is O=C(Cn1nc(C(F)F)c(Cl)c1C(F)F)Nc1nc(-c2ccc(OC(F)F)cc2)cs1. The largest absolute Gasteiger partial charge is 0.435 e. The molecule has 0 saturated carbocycles. The van der Waals surface area contributed by atoms with E-state index in [0.717, 1.165) is 11.3 Å². The Morgan fingerprint density at radius 3 is 2.39 bits per heavy atom. The summed E-state index contributed by atoms with van der Waals surface area (Å²) in [5.74, 6) is -0.887. The van der Waals surface area contributed by atoms with Crippen molar-refractivity contribution < 1.29 is 35.9 Å². The van der Waals surface area contributed by atoms with Gasteiger partial charge in [-0.25, -0.2) is 22.5 Å². The first-order valence-corrected chi connectivity index (χ1v) is 9.54. The normalized spacial score (nSPS) is 11.5. The van der Waals surface area contributed by atoms with E-state index < -0.39 is 48.3 Å². The molecule has 0 atom stereocenters. The molecule has 0 saturated heterocycles. The van der Waals surface area contributed by atoms with E-state index in [0.29, 0.717) is 15.9 Å². The van der Waals surface area contributed by atoms with E-state index in [1.165, 1.54) is 24.3 Å².